The number of hydrogen-bond acceptors (Lipinski definition) is 5. The van der Waals surface area contributed by atoms with E-state index in [0.717, 1.165) is 4.68 Å². The Hall–Kier alpha value is -2.48. The average molecular weight is 283 g/mol. The van der Waals surface area contributed by atoms with Gasteiger partial charge in [-0.15, -0.1) is 5.10 Å². The lowest BCUT2D eigenvalue weighted by Crippen LogP contribution is -2.05. The third kappa shape index (κ3) is 2.25. The maximum absolute atomic E-state index is 10.9. The molecule has 98 valence electrons. The lowest BCUT2D eigenvalue weighted by molar-refractivity contribution is -0.384. The summed E-state index contributed by atoms with van der Waals surface area (Å²) in [5.74, 6) is -1.26. The molecule has 0 spiro atoms. The molecule has 0 amide bonds. The third-order valence-electron chi connectivity index (χ3n) is 2.46. The number of nitro benzene ring substituents is 1. The van der Waals surface area contributed by atoms with E-state index in [0.29, 0.717) is 0 Å². The summed E-state index contributed by atoms with van der Waals surface area (Å²) in [6, 6.07) is 3.92. The van der Waals surface area contributed by atoms with Gasteiger partial charge in [-0.1, -0.05) is 16.8 Å². The number of rotatable bonds is 3. The van der Waals surface area contributed by atoms with E-state index >= 15 is 0 Å². The number of hydrogen-bond donors (Lipinski definition) is 1. The molecule has 0 aliphatic rings. The smallest absolute Gasteiger partial charge is 0.358 e. The number of carboxylic acids is 1. The highest BCUT2D eigenvalue weighted by molar-refractivity contribution is 6.30. The Kier molecular flexibility index (Phi) is 3.17. The molecule has 0 bridgehead atoms. The first-order valence-corrected chi connectivity index (χ1v) is 5.39. The molecule has 1 aromatic heterocycles. The highest BCUT2D eigenvalue weighted by Gasteiger charge is 2.22. The zero-order valence-corrected chi connectivity index (χ0v) is 10.3. The Morgan fingerprint density at radius 3 is 2.74 bits per heavy atom. The van der Waals surface area contributed by atoms with Gasteiger partial charge in [0, 0.05) is 11.1 Å². The summed E-state index contributed by atoms with van der Waals surface area (Å²) in [5, 5.41) is 27.2. The number of nitro groups is 1. The highest BCUT2D eigenvalue weighted by atomic mass is 35.5. The summed E-state index contributed by atoms with van der Waals surface area (Å²) in [6.45, 7) is 1.45. The van der Waals surface area contributed by atoms with Gasteiger partial charge in [0.05, 0.1) is 10.6 Å². The van der Waals surface area contributed by atoms with Crippen LogP contribution in [0.3, 0.4) is 0 Å². The van der Waals surface area contributed by atoms with E-state index in [2.05, 4.69) is 10.3 Å². The van der Waals surface area contributed by atoms with Gasteiger partial charge in [0.2, 0.25) is 0 Å². The quantitative estimate of drug-likeness (QED) is 0.679. The zero-order valence-electron chi connectivity index (χ0n) is 9.57. The van der Waals surface area contributed by atoms with Crippen molar-refractivity contribution in [3.8, 4) is 5.69 Å². The molecule has 0 saturated heterocycles. The average Bonchev–Trinajstić information content (AvgIpc) is 2.70. The molecule has 0 unspecified atom stereocenters. The molecule has 0 aliphatic carbocycles. The summed E-state index contributed by atoms with van der Waals surface area (Å²) in [6.07, 6.45) is 0. The van der Waals surface area contributed by atoms with Crippen molar-refractivity contribution in [1.82, 2.24) is 15.0 Å². The first-order valence-electron chi connectivity index (χ1n) is 5.01. The second kappa shape index (κ2) is 4.65. The Morgan fingerprint density at radius 1 is 1.53 bits per heavy atom. The maximum Gasteiger partial charge on any atom is 0.358 e. The highest BCUT2D eigenvalue weighted by Crippen LogP contribution is 2.27. The number of carbonyl (C=O) groups is 1. The normalized spacial score (nSPS) is 10.4. The molecule has 1 N–H and O–H groups in total. The second-order valence-electron chi connectivity index (χ2n) is 3.63. The van der Waals surface area contributed by atoms with Gasteiger partial charge >= 0.3 is 5.97 Å². The summed E-state index contributed by atoms with van der Waals surface area (Å²) in [7, 11) is 0. The number of carboxylic acid groups (broad SMARTS) is 1. The van der Waals surface area contributed by atoms with Gasteiger partial charge in [-0.05, 0) is 19.1 Å². The molecule has 0 aliphatic heterocycles. The van der Waals surface area contributed by atoms with E-state index in [1.807, 2.05) is 0 Å². The van der Waals surface area contributed by atoms with Crippen LogP contribution in [0.15, 0.2) is 18.2 Å². The number of benzene rings is 1. The van der Waals surface area contributed by atoms with E-state index in [1.54, 1.807) is 0 Å². The Bertz CT molecular complexity index is 682. The van der Waals surface area contributed by atoms with Crippen LogP contribution in [-0.4, -0.2) is 31.0 Å². The molecule has 2 rings (SSSR count). The largest absolute Gasteiger partial charge is 0.476 e. The Balaban J connectivity index is 2.68. The molecule has 2 aromatic rings. The van der Waals surface area contributed by atoms with E-state index in [-0.39, 0.29) is 27.8 Å². The van der Waals surface area contributed by atoms with Crippen molar-refractivity contribution in [2.45, 2.75) is 6.92 Å². The van der Waals surface area contributed by atoms with Crippen molar-refractivity contribution < 1.29 is 14.8 Å². The van der Waals surface area contributed by atoms with Crippen molar-refractivity contribution >= 4 is 23.3 Å². The van der Waals surface area contributed by atoms with Crippen LogP contribution in [0.25, 0.3) is 5.69 Å². The number of halogens is 1. The van der Waals surface area contributed by atoms with E-state index in [9.17, 15) is 14.9 Å². The van der Waals surface area contributed by atoms with Crippen molar-refractivity contribution in [1.29, 1.82) is 0 Å². The van der Waals surface area contributed by atoms with Crippen molar-refractivity contribution in [2.75, 3.05) is 0 Å². The van der Waals surface area contributed by atoms with E-state index < -0.39 is 10.9 Å². The number of nitrogens with zero attached hydrogens (tertiary/aromatic N) is 4. The number of aromatic nitrogens is 3. The lowest BCUT2D eigenvalue weighted by Gasteiger charge is -2.04. The van der Waals surface area contributed by atoms with Gasteiger partial charge in [0.15, 0.2) is 5.69 Å². The molecule has 0 atom stereocenters. The van der Waals surface area contributed by atoms with Crippen molar-refractivity contribution in [2.24, 2.45) is 0 Å². The standard InChI is InChI=1S/C10H7ClN4O4/c1-5-9(10(16)17)12-13-14(5)8-4-6(11)2-3-7(8)15(18)19/h2-4H,1H3,(H,16,17). The van der Waals surface area contributed by atoms with E-state index in [4.69, 9.17) is 16.7 Å². The molecule has 0 fully saturated rings. The summed E-state index contributed by atoms with van der Waals surface area (Å²) in [4.78, 5) is 21.2. The van der Waals surface area contributed by atoms with Crippen molar-refractivity contribution in [3.63, 3.8) is 0 Å². The lowest BCUT2D eigenvalue weighted by atomic mass is 10.2. The topological polar surface area (TPSA) is 111 Å². The van der Waals surface area contributed by atoms with Crippen LogP contribution >= 0.6 is 11.6 Å². The monoisotopic (exact) mass is 282 g/mol. The fraction of sp³-hybridized carbons (Fsp3) is 0.100. The van der Waals surface area contributed by atoms with Gasteiger partial charge in [-0.25, -0.2) is 9.48 Å². The zero-order chi connectivity index (χ0) is 14.2. The minimum Gasteiger partial charge on any atom is -0.476 e. The maximum atomic E-state index is 10.9. The molecule has 1 aromatic carbocycles. The molecule has 0 radical (unpaired) electrons. The van der Waals surface area contributed by atoms with Crippen LogP contribution < -0.4 is 0 Å². The predicted molar refractivity (Wildman–Crippen MR) is 64.7 cm³/mol. The Morgan fingerprint density at radius 2 is 2.21 bits per heavy atom. The molecule has 1 heterocycles. The van der Waals surface area contributed by atoms with Gasteiger partial charge < -0.3 is 5.11 Å². The first kappa shape index (κ1) is 13.0. The summed E-state index contributed by atoms with van der Waals surface area (Å²) in [5.41, 5.74) is -0.267. The molecule has 19 heavy (non-hydrogen) atoms. The van der Waals surface area contributed by atoms with E-state index in [1.165, 1.54) is 25.1 Å². The van der Waals surface area contributed by atoms with Crippen LogP contribution in [0.4, 0.5) is 5.69 Å². The van der Waals surface area contributed by atoms with Crippen LogP contribution in [0.5, 0.6) is 0 Å². The fourth-order valence-electron chi connectivity index (χ4n) is 1.58. The molecule has 0 saturated carbocycles. The molecule has 9 heteroatoms. The molecule has 8 nitrogen and oxygen atoms in total. The predicted octanol–water partition coefficient (Wildman–Crippen LogP) is 1.84. The van der Waals surface area contributed by atoms with Crippen LogP contribution in [0.1, 0.15) is 16.2 Å². The van der Waals surface area contributed by atoms with Gasteiger partial charge in [0.1, 0.15) is 5.69 Å². The second-order valence-corrected chi connectivity index (χ2v) is 4.07. The summed E-state index contributed by atoms with van der Waals surface area (Å²) >= 11 is 5.79. The Labute approximate surface area is 111 Å². The SMILES string of the molecule is Cc1c(C(=O)O)nnn1-c1cc(Cl)ccc1[N+](=O)[O-]. The van der Waals surface area contributed by atoms with Crippen molar-refractivity contribution in [3.05, 3.63) is 44.7 Å². The molecular weight excluding hydrogens is 276 g/mol. The van der Waals surface area contributed by atoms with Gasteiger partial charge in [-0.2, -0.15) is 0 Å². The molecular formula is C10H7ClN4O4. The van der Waals surface area contributed by atoms with Gasteiger partial charge in [-0.3, -0.25) is 10.1 Å². The minimum absolute atomic E-state index is 0.0648. The minimum atomic E-state index is -1.26. The number of aromatic carboxylic acids is 1. The van der Waals surface area contributed by atoms with Crippen LogP contribution in [0, 0.1) is 17.0 Å². The van der Waals surface area contributed by atoms with Crippen LogP contribution in [-0.2, 0) is 0 Å². The third-order valence-corrected chi connectivity index (χ3v) is 2.69. The fourth-order valence-corrected chi connectivity index (χ4v) is 1.74. The first-order chi connectivity index (χ1) is 8.91. The van der Waals surface area contributed by atoms with Gasteiger partial charge in [0.25, 0.3) is 5.69 Å². The van der Waals surface area contributed by atoms with Crippen LogP contribution in [0.2, 0.25) is 5.02 Å². The summed E-state index contributed by atoms with van der Waals surface area (Å²) < 4.78 is 1.08.